The molecule has 0 aromatic heterocycles. The fraction of sp³-hybridized carbons (Fsp3) is 0.538. The molecular formula is C13H20O3S. The van der Waals surface area contributed by atoms with Crippen LogP contribution in [0.4, 0.5) is 0 Å². The monoisotopic (exact) mass is 256 g/mol. The summed E-state index contributed by atoms with van der Waals surface area (Å²) in [5.41, 5.74) is 0. The highest BCUT2D eigenvalue weighted by Gasteiger charge is 2.30. The van der Waals surface area contributed by atoms with Crippen molar-refractivity contribution in [3.05, 3.63) is 30.3 Å². The van der Waals surface area contributed by atoms with Gasteiger partial charge in [-0.15, -0.1) is 11.8 Å². The van der Waals surface area contributed by atoms with E-state index in [1.807, 2.05) is 44.2 Å². The Balaban J connectivity index is 2.61. The quantitative estimate of drug-likeness (QED) is 0.678. The van der Waals surface area contributed by atoms with Crippen LogP contribution < -0.4 is 0 Å². The van der Waals surface area contributed by atoms with E-state index in [0.29, 0.717) is 0 Å². The number of rotatable bonds is 6. The fourth-order valence-electron chi connectivity index (χ4n) is 1.48. The van der Waals surface area contributed by atoms with Gasteiger partial charge in [-0.25, -0.2) is 0 Å². The third-order valence-corrected chi connectivity index (χ3v) is 3.94. The number of aliphatic hydroxyl groups excluding tert-OH is 3. The normalized spacial score (nSPS) is 15.6. The van der Waals surface area contributed by atoms with Gasteiger partial charge in [-0.2, -0.15) is 0 Å². The summed E-state index contributed by atoms with van der Waals surface area (Å²) in [7, 11) is 0. The van der Waals surface area contributed by atoms with Gasteiger partial charge in [0.1, 0.15) is 0 Å². The molecule has 17 heavy (non-hydrogen) atoms. The summed E-state index contributed by atoms with van der Waals surface area (Å²) >= 11 is 1.56. The molecule has 4 heteroatoms. The van der Waals surface area contributed by atoms with Crippen molar-refractivity contribution in [2.75, 3.05) is 6.61 Å². The second kappa shape index (κ2) is 6.40. The van der Waals surface area contributed by atoms with Gasteiger partial charge in [-0.3, -0.25) is 0 Å². The van der Waals surface area contributed by atoms with Crippen LogP contribution in [0.25, 0.3) is 0 Å². The summed E-state index contributed by atoms with van der Waals surface area (Å²) < 4.78 is -0.405. The van der Waals surface area contributed by atoms with Crippen molar-refractivity contribution in [3.63, 3.8) is 0 Å². The zero-order valence-electron chi connectivity index (χ0n) is 10.2. The molecule has 0 radical (unpaired) electrons. The highest BCUT2D eigenvalue weighted by Crippen LogP contribution is 2.36. The molecule has 0 aliphatic carbocycles. The van der Waals surface area contributed by atoms with Crippen LogP contribution >= 0.6 is 11.8 Å². The lowest BCUT2D eigenvalue weighted by atomic mass is 10.0. The highest BCUT2D eigenvalue weighted by molar-refractivity contribution is 8.00. The van der Waals surface area contributed by atoms with Crippen LogP contribution in [0.1, 0.15) is 20.3 Å². The van der Waals surface area contributed by atoms with E-state index in [4.69, 9.17) is 5.11 Å². The van der Waals surface area contributed by atoms with E-state index < -0.39 is 17.0 Å². The largest absolute Gasteiger partial charge is 0.394 e. The van der Waals surface area contributed by atoms with Crippen LogP contribution in [0.3, 0.4) is 0 Å². The van der Waals surface area contributed by atoms with E-state index in [-0.39, 0.29) is 13.0 Å². The summed E-state index contributed by atoms with van der Waals surface area (Å²) in [4.78, 5) is 1.08. The first-order valence-corrected chi connectivity index (χ1v) is 6.48. The van der Waals surface area contributed by atoms with Gasteiger partial charge >= 0.3 is 0 Å². The van der Waals surface area contributed by atoms with Crippen LogP contribution in [0.15, 0.2) is 35.2 Å². The van der Waals surface area contributed by atoms with Crippen molar-refractivity contribution in [3.8, 4) is 0 Å². The third kappa shape index (κ3) is 4.68. The molecule has 0 heterocycles. The second-order valence-electron chi connectivity index (χ2n) is 4.61. The topological polar surface area (TPSA) is 60.7 Å². The smallest absolute Gasteiger partial charge is 0.0796 e. The zero-order chi connectivity index (χ0) is 12.9. The number of hydrogen-bond acceptors (Lipinski definition) is 4. The number of aliphatic hydroxyl groups is 3. The average Bonchev–Trinajstić information content (AvgIpc) is 2.29. The predicted octanol–water partition coefficient (Wildman–Crippen LogP) is 1.66. The van der Waals surface area contributed by atoms with Gasteiger partial charge in [0.15, 0.2) is 0 Å². The lowest BCUT2D eigenvalue weighted by Gasteiger charge is -2.31. The molecular weight excluding hydrogens is 236 g/mol. The lowest BCUT2D eigenvalue weighted by Crippen LogP contribution is -2.36. The van der Waals surface area contributed by atoms with Crippen LogP contribution in [-0.2, 0) is 0 Å². The van der Waals surface area contributed by atoms with Crippen LogP contribution in [-0.4, -0.2) is 38.9 Å². The van der Waals surface area contributed by atoms with Gasteiger partial charge in [-0.1, -0.05) is 18.2 Å². The Hall–Kier alpha value is -0.550. The molecule has 3 N–H and O–H groups in total. The Morgan fingerprint density at radius 3 is 2.29 bits per heavy atom. The minimum atomic E-state index is -0.861. The maximum Gasteiger partial charge on any atom is 0.0796 e. The molecule has 1 aromatic carbocycles. The molecule has 1 aromatic rings. The van der Waals surface area contributed by atoms with Crippen molar-refractivity contribution in [1.29, 1.82) is 0 Å². The van der Waals surface area contributed by atoms with Crippen LogP contribution in [0, 0.1) is 0 Å². The van der Waals surface area contributed by atoms with E-state index in [0.717, 1.165) is 4.90 Å². The Labute approximate surface area is 106 Å². The molecule has 0 saturated heterocycles. The average molecular weight is 256 g/mol. The summed E-state index contributed by atoms with van der Waals surface area (Å²) in [5.74, 6) is 0. The second-order valence-corrected chi connectivity index (χ2v) is 6.33. The van der Waals surface area contributed by atoms with Gasteiger partial charge < -0.3 is 15.3 Å². The molecule has 96 valence electrons. The molecule has 0 amide bonds. The highest BCUT2D eigenvalue weighted by atomic mass is 32.2. The van der Waals surface area contributed by atoms with Gasteiger partial charge in [0, 0.05) is 16.1 Å². The maximum absolute atomic E-state index is 10.0. The first-order chi connectivity index (χ1) is 7.95. The Kier molecular flexibility index (Phi) is 5.46. The molecule has 0 bridgehead atoms. The predicted molar refractivity (Wildman–Crippen MR) is 70.1 cm³/mol. The first kappa shape index (κ1) is 14.5. The summed E-state index contributed by atoms with van der Waals surface area (Å²) in [6.07, 6.45) is -1.35. The van der Waals surface area contributed by atoms with Crippen molar-refractivity contribution < 1.29 is 15.3 Å². The zero-order valence-corrected chi connectivity index (χ0v) is 11.0. The molecule has 0 spiro atoms. The van der Waals surface area contributed by atoms with Gasteiger partial charge in [0.25, 0.3) is 0 Å². The molecule has 0 saturated carbocycles. The summed E-state index contributed by atoms with van der Waals surface area (Å²) in [6, 6.07) is 9.83. The lowest BCUT2D eigenvalue weighted by molar-refractivity contribution is 0.0312. The van der Waals surface area contributed by atoms with Crippen LogP contribution in [0.2, 0.25) is 0 Å². The standard InChI is InChI=1S/C13H20O3S/c1-13(2,12(16)8-10(15)9-14)17-11-6-4-3-5-7-11/h3-7,10,12,14-16H,8-9H2,1-2H3/t10-,12-/m1/s1. The van der Waals surface area contributed by atoms with Gasteiger partial charge in [0.05, 0.1) is 18.8 Å². The van der Waals surface area contributed by atoms with E-state index in [1.165, 1.54) is 0 Å². The number of hydrogen-bond donors (Lipinski definition) is 3. The minimum Gasteiger partial charge on any atom is -0.394 e. The van der Waals surface area contributed by atoms with Gasteiger partial charge in [-0.05, 0) is 26.0 Å². The molecule has 1 rings (SSSR count). The molecule has 0 aliphatic heterocycles. The first-order valence-electron chi connectivity index (χ1n) is 5.66. The van der Waals surface area contributed by atoms with Crippen LogP contribution in [0.5, 0.6) is 0 Å². The summed E-state index contributed by atoms with van der Waals surface area (Å²) in [5, 5.41) is 28.2. The summed E-state index contributed by atoms with van der Waals surface area (Å²) in [6.45, 7) is 3.54. The Morgan fingerprint density at radius 2 is 1.76 bits per heavy atom. The van der Waals surface area contributed by atoms with Crippen molar-refractivity contribution >= 4 is 11.8 Å². The SMILES string of the molecule is CC(C)(Sc1ccccc1)[C@H](O)C[C@@H](O)CO. The Bertz CT molecular complexity index is 327. The fourth-order valence-corrected chi connectivity index (χ4v) is 2.61. The minimum absolute atomic E-state index is 0.184. The van der Waals surface area contributed by atoms with E-state index in [9.17, 15) is 10.2 Å². The van der Waals surface area contributed by atoms with E-state index in [1.54, 1.807) is 11.8 Å². The number of thioether (sulfide) groups is 1. The Morgan fingerprint density at radius 1 is 1.18 bits per heavy atom. The maximum atomic E-state index is 10.0. The van der Waals surface area contributed by atoms with E-state index >= 15 is 0 Å². The molecule has 0 aliphatic rings. The third-order valence-electron chi connectivity index (χ3n) is 2.63. The molecule has 2 atom stereocenters. The van der Waals surface area contributed by atoms with E-state index in [2.05, 4.69) is 0 Å². The molecule has 0 unspecified atom stereocenters. The van der Waals surface area contributed by atoms with Gasteiger partial charge in [0.2, 0.25) is 0 Å². The van der Waals surface area contributed by atoms with Crippen molar-refractivity contribution in [2.45, 2.75) is 42.1 Å². The van der Waals surface area contributed by atoms with Crippen molar-refractivity contribution in [2.24, 2.45) is 0 Å². The molecule has 3 nitrogen and oxygen atoms in total. The van der Waals surface area contributed by atoms with Crippen molar-refractivity contribution in [1.82, 2.24) is 0 Å². The number of benzene rings is 1. The molecule has 0 fully saturated rings.